The number of carbonyl (C=O) groups excluding carboxylic acids is 1. The molecule has 0 spiro atoms. The molecule has 0 aliphatic heterocycles. The van der Waals surface area contributed by atoms with Crippen LogP contribution in [0.2, 0.25) is 0 Å². The average molecular weight is 373 g/mol. The monoisotopic (exact) mass is 373 g/mol. The number of rotatable bonds is 6. The van der Waals surface area contributed by atoms with Crippen LogP contribution in [-0.4, -0.2) is 33.5 Å². The van der Waals surface area contributed by atoms with E-state index in [2.05, 4.69) is 15.6 Å². The molecule has 3 N–H and O–H groups in total. The molecule has 8 heteroatoms. The number of nitrogens with zero attached hydrogens (tertiary/aromatic N) is 3. The Morgan fingerprint density at radius 3 is 2.88 bits per heavy atom. The second kappa shape index (κ2) is 7.76. The fourth-order valence-corrected chi connectivity index (χ4v) is 3.63. The van der Waals surface area contributed by atoms with Gasteiger partial charge in [0.25, 0.3) is 5.91 Å². The number of thiophene rings is 1. The van der Waals surface area contributed by atoms with Gasteiger partial charge < -0.3 is 11.1 Å². The second-order valence-electron chi connectivity index (χ2n) is 6.09. The van der Waals surface area contributed by atoms with Crippen molar-refractivity contribution in [2.45, 2.75) is 19.4 Å². The minimum atomic E-state index is -0.298. The topological polar surface area (TPSA) is 85.8 Å². The van der Waals surface area contributed by atoms with Crippen molar-refractivity contribution in [1.29, 1.82) is 0 Å². The molecular formula is C18H20FN5OS. The van der Waals surface area contributed by atoms with E-state index < -0.39 is 0 Å². The van der Waals surface area contributed by atoms with Crippen LogP contribution in [0.5, 0.6) is 0 Å². The summed E-state index contributed by atoms with van der Waals surface area (Å²) in [7, 11) is 1.82. The summed E-state index contributed by atoms with van der Waals surface area (Å²) >= 11 is 1.35. The molecule has 0 saturated carbocycles. The largest absolute Gasteiger partial charge is 0.347 e. The van der Waals surface area contributed by atoms with Crippen molar-refractivity contribution < 1.29 is 9.18 Å². The molecule has 0 aliphatic rings. The molecule has 1 aromatic carbocycles. The maximum absolute atomic E-state index is 13.3. The molecule has 0 radical (unpaired) electrons. The predicted molar refractivity (Wildman–Crippen MR) is 99.5 cm³/mol. The molecule has 26 heavy (non-hydrogen) atoms. The first-order valence-electron chi connectivity index (χ1n) is 8.18. The van der Waals surface area contributed by atoms with E-state index in [9.17, 15) is 9.18 Å². The highest BCUT2D eigenvalue weighted by atomic mass is 32.1. The van der Waals surface area contributed by atoms with Crippen LogP contribution < -0.4 is 11.1 Å². The fourth-order valence-electron chi connectivity index (χ4n) is 2.83. The number of nitrogens with two attached hydrogens (primary N) is 1. The summed E-state index contributed by atoms with van der Waals surface area (Å²) in [6, 6.07) is 7.87. The molecule has 6 nitrogen and oxygen atoms in total. The van der Waals surface area contributed by atoms with E-state index in [1.807, 2.05) is 31.5 Å². The number of amides is 1. The number of halogens is 1. The molecule has 0 fully saturated rings. The molecule has 2 heterocycles. The summed E-state index contributed by atoms with van der Waals surface area (Å²) in [4.78, 5) is 13.1. The molecule has 0 bridgehead atoms. The normalized spacial score (nSPS) is 12.2. The van der Waals surface area contributed by atoms with Crippen molar-refractivity contribution >= 4 is 17.2 Å². The average Bonchev–Trinajstić information content (AvgIpc) is 3.21. The Kier molecular flexibility index (Phi) is 5.43. The van der Waals surface area contributed by atoms with Gasteiger partial charge in [-0.3, -0.25) is 4.79 Å². The third kappa shape index (κ3) is 3.97. The number of nitrogens with one attached hydrogen (secondary N) is 1. The summed E-state index contributed by atoms with van der Waals surface area (Å²) in [5.74, 6) is -0.492. The van der Waals surface area contributed by atoms with E-state index in [0.717, 1.165) is 22.5 Å². The smallest absolute Gasteiger partial charge is 0.261 e. The summed E-state index contributed by atoms with van der Waals surface area (Å²) in [6.45, 7) is 2.15. The van der Waals surface area contributed by atoms with Crippen LogP contribution in [0.1, 0.15) is 20.9 Å². The molecule has 1 amide bonds. The molecule has 0 unspecified atom stereocenters. The molecule has 136 valence electrons. The minimum Gasteiger partial charge on any atom is -0.347 e. The van der Waals surface area contributed by atoms with E-state index >= 15 is 0 Å². The van der Waals surface area contributed by atoms with E-state index in [0.29, 0.717) is 11.3 Å². The van der Waals surface area contributed by atoms with E-state index in [-0.39, 0.29) is 24.3 Å². The molecule has 3 rings (SSSR count). The van der Waals surface area contributed by atoms with E-state index in [1.165, 1.54) is 23.5 Å². The van der Waals surface area contributed by atoms with Gasteiger partial charge in [0.05, 0.1) is 16.3 Å². The standard InChI is InChI=1S/C18H20FN5OS/c1-11-17(24(2)23-22-11)13-8-16(26-10-13)18(25)21-15(9-20)7-12-4-3-5-14(19)6-12/h3-6,8,10,15H,7,9,20H2,1-2H3,(H,21,25)/t15-/m0/s1. The van der Waals surface area contributed by atoms with E-state index in [1.54, 1.807) is 10.7 Å². The zero-order chi connectivity index (χ0) is 18.7. The fraction of sp³-hybridized carbons (Fsp3) is 0.278. The summed E-state index contributed by atoms with van der Waals surface area (Å²) in [6.07, 6.45) is 0.475. The van der Waals surface area contributed by atoms with Crippen molar-refractivity contribution in [2.24, 2.45) is 12.8 Å². The first-order valence-corrected chi connectivity index (χ1v) is 9.06. The van der Waals surface area contributed by atoms with Crippen molar-refractivity contribution in [3.8, 4) is 11.3 Å². The van der Waals surface area contributed by atoms with Crippen LogP contribution in [0.3, 0.4) is 0 Å². The van der Waals surface area contributed by atoms with Crippen LogP contribution in [0, 0.1) is 12.7 Å². The first-order chi connectivity index (χ1) is 12.5. The number of hydrogen-bond donors (Lipinski definition) is 2. The summed E-state index contributed by atoms with van der Waals surface area (Å²) < 4.78 is 15.0. The number of carbonyl (C=O) groups is 1. The lowest BCUT2D eigenvalue weighted by molar-refractivity contribution is 0.0942. The molecule has 2 aromatic heterocycles. The summed E-state index contributed by atoms with van der Waals surface area (Å²) in [5, 5.41) is 12.9. The Balaban J connectivity index is 1.71. The van der Waals surface area contributed by atoms with Crippen LogP contribution in [0.15, 0.2) is 35.7 Å². The Morgan fingerprint density at radius 2 is 2.23 bits per heavy atom. The molecule has 0 saturated heterocycles. The number of aryl methyl sites for hydroxylation is 2. The van der Waals surface area contributed by atoms with Gasteiger partial charge in [-0.25, -0.2) is 9.07 Å². The number of benzene rings is 1. The van der Waals surface area contributed by atoms with Crippen LogP contribution in [0.25, 0.3) is 11.3 Å². The highest BCUT2D eigenvalue weighted by molar-refractivity contribution is 7.12. The molecule has 3 aromatic rings. The van der Waals surface area contributed by atoms with E-state index in [4.69, 9.17) is 5.73 Å². The van der Waals surface area contributed by atoms with Crippen molar-refractivity contribution in [3.63, 3.8) is 0 Å². The summed E-state index contributed by atoms with van der Waals surface area (Å²) in [5.41, 5.74) is 9.17. The Hall–Kier alpha value is -2.58. The maximum atomic E-state index is 13.3. The predicted octanol–water partition coefficient (Wildman–Crippen LogP) is 2.29. The van der Waals surface area contributed by atoms with Gasteiger partial charge in [0.1, 0.15) is 5.82 Å². The van der Waals surface area contributed by atoms with Gasteiger partial charge in [-0.2, -0.15) is 0 Å². The quantitative estimate of drug-likeness (QED) is 0.694. The first kappa shape index (κ1) is 18.2. The number of aromatic nitrogens is 3. The maximum Gasteiger partial charge on any atom is 0.261 e. The zero-order valence-corrected chi connectivity index (χ0v) is 15.4. The molecule has 0 aliphatic carbocycles. The van der Waals surface area contributed by atoms with Crippen LogP contribution in [-0.2, 0) is 13.5 Å². The zero-order valence-electron chi connectivity index (χ0n) is 14.6. The number of hydrogen-bond acceptors (Lipinski definition) is 5. The third-order valence-corrected chi connectivity index (χ3v) is 5.01. The SMILES string of the molecule is Cc1nnn(C)c1-c1csc(C(=O)N[C@H](CN)Cc2cccc(F)c2)c1. The lowest BCUT2D eigenvalue weighted by Gasteiger charge is -2.16. The Labute approximate surface area is 154 Å². The van der Waals surface area contributed by atoms with Gasteiger partial charge in [-0.05, 0) is 37.1 Å². The van der Waals surface area contributed by atoms with Gasteiger partial charge in [0.15, 0.2) is 0 Å². The molecular weight excluding hydrogens is 353 g/mol. The second-order valence-corrected chi connectivity index (χ2v) is 7.00. The molecule has 1 atom stereocenters. The third-order valence-electron chi connectivity index (χ3n) is 4.08. The highest BCUT2D eigenvalue weighted by Crippen LogP contribution is 2.26. The van der Waals surface area contributed by atoms with Crippen molar-refractivity contribution in [2.75, 3.05) is 6.54 Å². The van der Waals surface area contributed by atoms with Gasteiger partial charge in [0.2, 0.25) is 0 Å². The highest BCUT2D eigenvalue weighted by Gasteiger charge is 2.17. The van der Waals surface area contributed by atoms with Crippen LogP contribution in [0.4, 0.5) is 4.39 Å². The Bertz CT molecular complexity index is 900. The van der Waals surface area contributed by atoms with Gasteiger partial charge in [-0.15, -0.1) is 16.4 Å². The van der Waals surface area contributed by atoms with Gasteiger partial charge in [0, 0.05) is 30.6 Å². The van der Waals surface area contributed by atoms with Crippen molar-refractivity contribution in [1.82, 2.24) is 20.3 Å². The lowest BCUT2D eigenvalue weighted by atomic mass is 10.1. The lowest BCUT2D eigenvalue weighted by Crippen LogP contribution is -2.41. The Morgan fingerprint density at radius 1 is 1.42 bits per heavy atom. The van der Waals surface area contributed by atoms with Crippen molar-refractivity contribution in [3.05, 3.63) is 57.7 Å². The van der Waals surface area contributed by atoms with Crippen LogP contribution >= 0.6 is 11.3 Å². The van der Waals surface area contributed by atoms with Gasteiger partial charge in [-0.1, -0.05) is 17.3 Å². The minimum absolute atomic E-state index is 0.194. The van der Waals surface area contributed by atoms with Gasteiger partial charge >= 0.3 is 0 Å².